The van der Waals surface area contributed by atoms with E-state index in [0.29, 0.717) is 30.1 Å². The first-order valence-electron chi connectivity index (χ1n) is 10.5. The lowest BCUT2D eigenvalue weighted by Gasteiger charge is -2.30. The van der Waals surface area contributed by atoms with Crippen molar-refractivity contribution in [2.75, 3.05) is 26.5 Å². The number of aliphatic hydroxyl groups is 1. The lowest BCUT2D eigenvalue weighted by Crippen LogP contribution is -2.42. The van der Waals surface area contributed by atoms with Gasteiger partial charge in [-0.3, -0.25) is 0 Å². The molecule has 2 atom stereocenters. The molecule has 1 saturated heterocycles. The van der Waals surface area contributed by atoms with Gasteiger partial charge in [0.15, 0.2) is 0 Å². The van der Waals surface area contributed by atoms with Crippen molar-refractivity contribution in [1.29, 1.82) is 0 Å². The van der Waals surface area contributed by atoms with E-state index in [9.17, 15) is 22.9 Å². The molecule has 0 radical (unpaired) electrons. The topological polar surface area (TPSA) is 100 Å². The highest BCUT2D eigenvalue weighted by Crippen LogP contribution is 2.42. The number of rotatable bonds is 7. The number of esters is 1. The number of nitrogens with one attached hydrogen (secondary N) is 1. The number of fused-ring (bicyclic) bond motifs is 1. The highest BCUT2D eigenvalue weighted by molar-refractivity contribution is 6.31. The number of ether oxygens (including phenoxy) is 2. The third-order valence-electron chi connectivity index (χ3n) is 5.45. The molecule has 1 aromatic carbocycles. The molecule has 1 unspecified atom stereocenters. The highest BCUT2D eigenvalue weighted by Gasteiger charge is 2.49. The zero-order valence-electron chi connectivity index (χ0n) is 18.8. The van der Waals surface area contributed by atoms with Crippen LogP contribution in [0.15, 0.2) is 17.7 Å². The van der Waals surface area contributed by atoms with Crippen molar-refractivity contribution in [3.8, 4) is 5.75 Å². The Morgan fingerprint density at radius 3 is 2.65 bits per heavy atom. The summed E-state index contributed by atoms with van der Waals surface area (Å²) in [6, 6.07) is 2.87. The lowest BCUT2D eigenvalue weighted by atomic mass is 9.85. The summed E-state index contributed by atoms with van der Waals surface area (Å²) in [7, 11) is 0. The molecular weight excluding hydrogens is 483 g/mol. The van der Waals surface area contributed by atoms with E-state index in [2.05, 4.69) is 0 Å². The first kappa shape index (κ1) is 26.0. The predicted octanol–water partition coefficient (Wildman–Crippen LogP) is 3.29. The van der Waals surface area contributed by atoms with Crippen LogP contribution in [0.25, 0.3) is 6.08 Å². The maximum atomic E-state index is 13.7. The quantitative estimate of drug-likeness (QED) is 0.190. The lowest BCUT2D eigenvalue weighted by molar-refractivity contribution is -0.787. The summed E-state index contributed by atoms with van der Waals surface area (Å²) < 4.78 is 50.9. The molecular formula is C21H26ClF3N3O6+. The van der Waals surface area contributed by atoms with Gasteiger partial charge in [-0.05, 0) is 35.6 Å². The minimum Gasteiger partial charge on any atom is -0.475 e. The van der Waals surface area contributed by atoms with Crippen LogP contribution in [0.2, 0.25) is 5.02 Å². The molecule has 0 aromatic heterocycles. The van der Waals surface area contributed by atoms with Crippen LogP contribution < -0.4 is 10.3 Å². The fraction of sp³-hybridized carbons (Fsp3) is 0.571. The van der Waals surface area contributed by atoms with Crippen LogP contribution in [-0.2, 0) is 19.8 Å². The Hall–Kier alpha value is -2.57. The average molecular weight is 509 g/mol. The first-order chi connectivity index (χ1) is 15.8. The minimum atomic E-state index is -4.89. The fourth-order valence-electron chi connectivity index (χ4n) is 3.63. The number of hydrazine groups is 2. The molecule has 0 aliphatic carbocycles. The van der Waals surface area contributed by atoms with E-state index in [4.69, 9.17) is 31.0 Å². The van der Waals surface area contributed by atoms with Crippen molar-refractivity contribution in [3.05, 3.63) is 38.8 Å². The smallest absolute Gasteiger partial charge is 0.430 e. The van der Waals surface area contributed by atoms with Crippen molar-refractivity contribution in [3.63, 3.8) is 0 Å². The largest absolute Gasteiger partial charge is 0.475 e. The third kappa shape index (κ3) is 5.91. The van der Waals surface area contributed by atoms with E-state index in [1.807, 2.05) is 26.4 Å². The van der Waals surface area contributed by atoms with Gasteiger partial charge < -0.3 is 14.6 Å². The van der Waals surface area contributed by atoms with Gasteiger partial charge in [-0.25, -0.2) is 4.79 Å². The van der Waals surface area contributed by atoms with E-state index >= 15 is 0 Å². The van der Waals surface area contributed by atoms with Gasteiger partial charge in [0.1, 0.15) is 5.75 Å². The van der Waals surface area contributed by atoms with Gasteiger partial charge in [0.05, 0.1) is 23.6 Å². The third-order valence-corrected chi connectivity index (χ3v) is 5.76. The summed E-state index contributed by atoms with van der Waals surface area (Å²) in [5.41, 5.74) is 1.53. The number of nitroso groups, excluding NO2 is 1. The number of carbonyl (C=O) groups is 1. The highest BCUT2D eigenvalue weighted by atomic mass is 35.5. The van der Waals surface area contributed by atoms with Crippen LogP contribution in [-0.4, -0.2) is 59.8 Å². The molecule has 13 heteroatoms. The number of nitrogens with zero attached hydrogens (tertiary/aromatic N) is 2. The Balaban J connectivity index is 1.68. The van der Waals surface area contributed by atoms with Crippen molar-refractivity contribution in [1.82, 2.24) is 10.6 Å². The molecule has 0 bridgehead atoms. The maximum Gasteiger partial charge on any atom is 0.430 e. The molecule has 2 heterocycles. The molecule has 0 saturated carbocycles. The summed E-state index contributed by atoms with van der Waals surface area (Å²) >= 11 is 6.30. The Kier molecular flexibility index (Phi) is 7.63. The monoisotopic (exact) mass is 508 g/mol. The van der Waals surface area contributed by atoms with Crippen LogP contribution in [0.3, 0.4) is 0 Å². The summed E-state index contributed by atoms with van der Waals surface area (Å²) in [4.78, 5) is 29.3. The maximum absolute atomic E-state index is 13.7. The average Bonchev–Trinajstić information content (AvgIpc) is 3.23. The molecule has 1 aromatic rings. The van der Waals surface area contributed by atoms with Gasteiger partial charge in [-0.2, -0.15) is 18.0 Å². The normalized spacial score (nSPS) is 20.4. The molecule has 3 rings (SSSR count). The number of hydrogen-bond donors (Lipinski definition) is 2. The predicted molar refractivity (Wildman–Crippen MR) is 114 cm³/mol. The van der Waals surface area contributed by atoms with Crippen molar-refractivity contribution in [2.45, 2.75) is 44.9 Å². The number of carbonyl (C=O) groups excluding carboxylic acids is 1. The zero-order valence-corrected chi connectivity index (χ0v) is 19.6. The van der Waals surface area contributed by atoms with Crippen molar-refractivity contribution < 1.29 is 42.4 Å². The summed E-state index contributed by atoms with van der Waals surface area (Å²) in [6.07, 6.45) is -5.81. The summed E-state index contributed by atoms with van der Waals surface area (Å²) in [6.45, 7) is 5.34. The van der Waals surface area contributed by atoms with E-state index in [0.717, 1.165) is 6.08 Å². The molecule has 1 fully saturated rings. The summed E-state index contributed by atoms with van der Waals surface area (Å²) in [5, 5.41) is 10.7. The van der Waals surface area contributed by atoms with Gasteiger partial charge in [-0.1, -0.05) is 32.4 Å². The number of hydrogen-bond acceptors (Lipinski definition) is 6. The molecule has 34 heavy (non-hydrogen) atoms. The van der Waals surface area contributed by atoms with Gasteiger partial charge in [0, 0.05) is 28.7 Å². The Morgan fingerprint density at radius 1 is 1.35 bits per heavy atom. The molecule has 0 spiro atoms. The van der Waals surface area contributed by atoms with Gasteiger partial charge in [0.2, 0.25) is 12.9 Å². The minimum absolute atomic E-state index is 0.0514. The number of aliphatic hydroxyl groups excluding tert-OH is 1. The number of alkyl halides is 3. The van der Waals surface area contributed by atoms with E-state index < -0.39 is 36.0 Å². The van der Waals surface area contributed by atoms with Crippen LogP contribution in [0.5, 0.6) is 5.75 Å². The second kappa shape index (κ2) is 9.96. The van der Waals surface area contributed by atoms with Gasteiger partial charge in [0.25, 0.3) is 4.98 Å². The Morgan fingerprint density at radius 2 is 2.06 bits per heavy atom. The standard InChI is InChI=1S/C21H26ClF3N3O6/c1-20(2,3)15-8-17-13(7-16(15)22)6-14(18(34-17)21(23,24)25)19(30)32-11-33-26-28(31)27-5-4-12(9-27)10-29/h6-8,12,18,29H,4-5,9-11H2,1-3H3,(H,26,31)/q+1/t12?,18-/m0/s1. The van der Waals surface area contributed by atoms with Crippen LogP contribution in [0, 0.1) is 10.8 Å². The van der Waals surface area contributed by atoms with Crippen LogP contribution >= 0.6 is 11.6 Å². The number of benzene rings is 1. The van der Waals surface area contributed by atoms with Crippen molar-refractivity contribution >= 4 is 23.6 Å². The van der Waals surface area contributed by atoms with E-state index in [1.165, 1.54) is 17.1 Å². The SMILES string of the molecule is CC(C)(C)c1cc2c(cc1Cl)C=C(C(=O)OCON[N+](=O)N1CCC(CO)C1)[C@@H](C(F)(F)F)O2. The molecule has 2 N–H and O–H groups in total. The van der Waals surface area contributed by atoms with Gasteiger partial charge >= 0.3 is 12.1 Å². The molecule has 9 nitrogen and oxygen atoms in total. The Labute approximate surface area is 198 Å². The number of halogens is 4. The van der Waals surface area contributed by atoms with Crippen molar-refractivity contribution in [2.24, 2.45) is 5.92 Å². The second-order valence-electron chi connectivity index (χ2n) is 9.07. The summed E-state index contributed by atoms with van der Waals surface area (Å²) in [5.74, 6) is -1.44. The van der Waals surface area contributed by atoms with Gasteiger partial charge in [-0.15, -0.1) is 5.01 Å². The van der Waals surface area contributed by atoms with E-state index in [1.54, 1.807) is 0 Å². The second-order valence-corrected chi connectivity index (χ2v) is 9.47. The fourth-order valence-corrected chi connectivity index (χ4v) is 4.09. The molecule has 0 amide bonds. The molecule has 2 aliphatic heterocycles. The van der Waals surface area contributed by atoms with Crippen LogP contribution in [0.1, 0.15) is 38.3 Å². The molecule has 2 aliphatic rings. The zero-order chi connectivity index (χ0) is 25.3. The molecule has 188 valence electrons. The van der Waals surface area contributed by atoms with E-state index in [-0.39, 0.29) is 28.8 Å². The Bertz CT molecular complexity index is 980. The first-order valence-corrected chi connectivity index (χ1v) is 10.9. The van der Waals surface area contributed by atoms with Crippen LogP contribution in [0.4, 0.5) is 13.2 Å².